The first-order chi connectivity index (χ1) is 12.4. The van der Waals surface area contributed by atoms with Crippen molar-refractivity contribution >= 4 is 22.9 Å². The van der Waals surface area contributed by atoms with E-state index < -0.39 is 11.6 Å². The van der Waals surface area contributed by atoms with Crippen molar-refractivity contribution in [2.45, 2.75) is 20.8 Å². The van der Waals surface area contributed by atoms with Crippen molar-refractivity contribution in [3.05, 3.63) is 94.2 Å². The van der Waals surface area contributed by atoms with E-state index in [1.807, 2.05) is 44.2 Å². The zero-order valence-corrected chi connectivity index (χ0v) is 16.2. The van der Waals surface area contributed by atoms with Crippen molar-refractivity contribution in [3.8, 4) is 0 Å². The molecule has 0 fully saturated rings. The number of hydrogen-bond donors (Lipinski definition) is 0. The standard InChI is InChI=1S/C20H16ClF2N.C2H6/c1-12-9-17(22)19(18(23)10-12)20-15(14-7-5-4-6-8-14)11-16(21)13(2)24(20)3;1-2/h4-11H,2H2,1,3H3;1-2H3. The fraction of sp³-hybridized carbons (Fsp3) is 0.182. The SMILES string of the molecule is C=C1C(Cl)=CC(c2ccccc2)=C(c2c(F)cc(C)cc2F)N1C.CC. The molecule has 0 N–H and O–H groups in total. The van der Waals surface area contributed by atoms with Gasteiger partial charge in [0.25, 0.3) is 0 Å². The second-order valence-electron chi connectivity index (χ2n) is 5.73. The van der Waals surface area contributed by atoms with Crippen molar-refractivity contribution in [1.82, 2.24) is 4.90 Å². The van der Waals surface area contributed by atoms with Gasteiger partial charge in [0.15, 0.2) is 0 Å². The van der Waals surface area contributed by atoms with Crippen LogP contribution < -0.4 is 0 Å². The zero-order valence-electron chi connectivity index (χ0n) is 15.4. The van der Waals surface area contributed by atoms with Crippen LogP contribution in [0.5, 0.6) is 0 Å². The topological polar surface area (TPSA) is 3.24 Å². The number of aryl methyl sites for hydroxylation is 1. The predicted molar refractivity (Wildman–Crippen MR) is 107 cm³/mol. The minimum atomic E-state index is -0.609. The summed E-state index contributed by atoms with van der Waals surface area (Å²) in [4.78, 5) is 1.63. The maximum Gasteiger partial charge on any atom is 0.135 e. The Hall–Kier alpha value is -2.39. The molecule has 26 heavy (non-hydrogen) atoms. The van der Waals surface area contributed by atoms with Gasteiger partial charge in [0, 0.05) is 12.6 Å². The summed E-state index contributed by atoms with van der Waals surface area (Å²) in [5.41, 5.74) is 2.82. The highest BCUT2D eigenvalue weighted by Crippen LogP contribution is 2.41. The van der Waals surface area contributed by atoms with Crippen LogP contribution in [0.3, 0.4) is 0 Å². The van der Waals surface area contributed by atoms with Gasteiger partial charge in [-0.2, -0.15) is 0 Å². The molecule has 136 valence electrons. The van der Waals surface area contributed by atoms with Crippen LogP contribution in [0.25, 0.3) is 11.3 Å². The van der Waals surface area contributed by atoms with E-state index in [1.54, 1.807) is 24.9 Å². The van der Waals surface area contributed by atoms with E-state index in [0.29, 0.717) is 27.6 Å². The van der Waals surface area contributed by atoms with Crippen LogP contribution in [0.2, 0.25) is 0 Å². The van der Waals surface area contributed by atoms with E-state index in [4.69, 9.17) is 11.6 Å². The molecule has 0 radical (unpaired) electrons. The molecule has 0 saturated heterocycles. The van der Waals surface area contributed by atoms with Gasteiger partial charge >= 0.3 is 0 Å². The van der Waals surface area contributed by atoms with Crippen LogP contribution >= 0.6 is 11.6 Å². The van der Waals surface area contributed by atoms with Crippen molar-refractivity contribution in [2.75, 3.05) is 7.05 Å². The smallest absolute Gasteiger partial charge is 0.135 e. The minimum Gasteiger partial charge on any atom is -0.343 e. The first-order valence-electron chi connectivity index (χ1n) is 8.46. The maximum atomic E-state index is 14.6. The Kier molecular flexibility index (Phi) is 6.38. The van der Waals surface area contributed by atoms with Crippen molar-refractivity contribution < 1.29 is 8.78 Å². The largest absolute Gasteiger partial charge is 0.343 e. The quantitative estimate of drug-likeness (QED) is 0.562. The van der Waals surface area contributed by atoms with Crippen molar-refractivity contribution in [1.29, 1.82) is 0 Å². The van der Waals surface area contributed by atoms with Gasteiger partial charge < -0.3 is 4.90 Å². The van der Waals surface area contributed by atoms with E-state index >= 15 is 0 Å². The average molecular weight is 374 g/mol. The third kappa shape index (κ3) is 3.73. The van der Waals surface area contributed by atoms with Crippen LogP contribution in [0.15, 0.2) is 65.8 Å². The molecular formula is C22H22ClF2N. The monoisotopic (exact) mass is 373 g/mol. The molecule has 1 aliphatic heterocycles. The zero-order chi connectivity index (χ0) is 19.4. The predicted octanol–water partition coefficient (Wildman–Crippen LogP) is 6.75. The van der Waals surface area contributed by atoms with Gasteiger partial charge in [0.2, 0.25) is 0 Å². The Bertz CT molecular complexity index is 859. The number of likely N-dealkylation sites (N-methyl/N-ethyl adjacent to an activating group) is 1. The lowest BCUT2D eigenvalue weighted by atomic mass is 9.94. The summed E-state index contributed by atoms with van der Waals surface area (Å²) in [5, 5.41) is 0.438. The maximum absolute atomic E-state index is 14.6. The van der Waals surface area contributed by atoms with Crippen LogP contribution in [0, 0.1) is 18.6 Å². The highest BCUT2D eigenvalue weighted by atomic mass is 35.5. The number of rotatable bonds is 2. The van der Waals surface area contributed by atoms with Crippen LogP contribution in [0.4, 0.5) is 8.78 Å². The van der Waals surface area contributed by atoms with E-state index in [9.17, 15) is 8.78 Å². The molecule has 0 bridgehead atoms. The first kappa shape index (κ1) is 19.9. The first-order valence-corrected chi connectivity index (χ1v) is 8.84. The second kappa shape index (κ2) is 8.33. The molecule has 2 aromatic rings. The Labute approximate surface area is 158 Å². The molecule has 0 atom stereocenters. The van der Waals surface area contributed by atoms with Gasteiger partial charge in [-0.3, -0.25) is 0 Å². The molecule has 4 heteroatoms. The molecule has 0 saturated carbocycles. The highest BCUT2D eigenvalue weighted by molar-refractivity contribution is 6.33. The molecule has 0 amide bonds. The Morgan fingerprint density at radius 2 is 1.54 bits per heavy atom. The second-order valence-corrected chi connectivity index (χ2v) is 6.14. The lowest BCUT2D eigenvalue weighted by molar-refractivity contribution is 0.549. The summed E-state index contributed by atoms with van der Waals surface area (Å²) in [6.45, 7) is 9.56. The Morgan fingerprint density at radius 1 is 1.00 bits per heavy atom. The van der Waals surface area contributed by atoms with Gasteiger partial charge in [-0.05, 0) is 36.3 Å². The van der Waals surface area contributed by atoms with E-state index in [0.717, 1.165) is 5.56 Å². The molecule has 0 aliphatic carbocycles. The van der Waals surface area contributed by atoms with E-state index in [1.165, 1.54) is 12.1 Å². The number of hydrogen-bond acceptors (Lipinski definition) is 1. The fourth-order valence-electron chi connectivity index (χ4n) is 2.82. The van der Waals surface area contributed by atoms with Gasteiger partial charge in [-0.25, -0.2) is 8.78 Å². The molecule has 1 heterocycles. The minimum absolute atomic E-state index is 0.0801. The third-order valence-electron chi connectivity index (χ3n) is 4.05. The number of allylic oxidation sites excluding steroid dienone is 3. The van der Waals surface area contributed by atoms with Crippen LogP contribution in [-0.4, -0.2) is 11.9 Å². The summed E-state index contributed by atoms with van der Waals surface area (Å²) >= 11 is 6.26. The number of nitrogens with zero attached hydrogens (tertiary/aromatic N) is 1. The van der Waals surface area contributed by atoms with Gasteiger partial charge in [0.05, 0.1) is 22.0 Å². The third-order valence-corrected chi connectivity index (χ3v) is 4.38. The molecule has 1 nitrogen and oxygen atoms in total. The Balaban J connectivity index is 0.00000117. The molecule has 1 aliphatic rings. The summed E-state index contributed by atoms with van der Waals surface area (Å²) in [7, 11) is 1.70. The molecule has 3 rings (SSSR count). The highest BCUT2D eigenvalue weighted by Gasteiger charge is 2.27. The van der Waals surface area contributed by atoms with E-state index in [2.05, 4.69) is 6.58 Å². The fourth-order valence-corrected chi connectivity index (χ4v) is 3.06. The lowest BCUT2D eigenvalue weighted by Crippen LogP contribution is -2.22. The summed E-state index contributed by atoms with van der Waals surface area (Å²) in [6, 6.07) is 12.0. The normalized spacial score (nSPS) is 14.0. The Morgan fingerprint density at radius 3 is 2.08 bits per heavy atom. The average Bonchev–Trinajstić information content (AvgIpc) is 2.63. The molecule has 0 unspecified atom stereocenters. The lowest BCUT2D eigenvalue weighted by Gasteiger charge is -2.31. The van der Waals surface area contributed by atoms with E-state index in [-0.39, 0.29) is 5.56 Å². The molecular weight excluding hydrogens is 352 g/mol. The molecule has 0 spiro atoms. The summed E-state index contributed by atoms with van der Waals surface area (Å²) < 4.78 is 29.2. The summed E-state index contributed by atoms with van der Waals surface area (Å²) in [6.07, 6.45) is 1.70. The van der Waals surface area contributed by atoms with Crippen molar-refractivity contribution in [3.63, 3.8) is 0 Å². The van der Waals surface area contributed by atoms with Crippen molar-refractivity contribution in [2.24, 2.45) is 0 Å². The van der Waals surface area contributed by atoms with Gasteiger partial charge in [-0.1, -0.05) is 62.4 Å². The number of halogens is 3. The van der Waals surface area contributed by atoms with Crippen LogP contribution in [0.1, 0.15) is 30.5 Å². The molecule has 0 aromatic heterocycles. The van der Waals surface area contributed by atoms with Gasteiger partial charge in [-0.15, -0.1) is 0 Å². The van der Waals surface area contributed by atoms with Gasteiger partial charge in [0.1, 0.15) is 11.6 Å². The summed E-state index contributed by atoms with van der Waals surface area (Å²) in [5.74, 6) is -1.22. The number of benzene rings is 2. The van der Waals surface area contributed by atoms with Crippen LogP contribution in [-0.2, 0) is 0 Å². The molecule has 2 aromatic carbocycles.